The highest BCUT2D eigenvalue weighted by Crippen LogP contribution is 2.20. The predicted octanol–water partition coefficient (Wildman–Crippen LogP) is 4.11. The van der Waals surface area contributed by atoms with E-state index in [4.69, 9.17) is 0 Å². The minimum absolute atomic E-state index is 0.960. The van der Waals surface area contributed by atoms with Gasteiger partial charge in [-0.25, -0.2) is 0 Å². The second-order valence-electron chi connectivity index (χ2n) is 4.97. The lowest BCUT2D eigenvalue weighted by atomic mass is 10.1. The molecule has 0 saturated heterocycles. The van der Waals surface area contributed by atoms with Gasteiger partial charge < -0.3 is 9.88 Å². The molecule has 0 aliphatic heterocycles. The second-order valence-corrected chi connectivity index (χ2v) is 4.97. The van der Waals surface area contributed by atoms with Gasteiger partial charge >= 0.3 is 0 Å². The molecule has 0 atom stereocenters. The molecule has 0 fully saturated rings. The minimum atomic E-state index is 0.960. The molecule has 19 heavy (non-hydrogen) atoms. The zero-order valence-corrected chi connectivity index (χ0v) is 11.9. The van der Waals surface area contributed by atoms with E-state index in [1.54, 1.807) is 0 Å². The first kappa shape index (κ1) is 13.9. The fourth-order valence-corrected chi connectivity index (χ4v) is 2.44. The van der Waals surface area contributed by atoms with E-state index in [0.29, 0.717) is 0 Å². The number of benzene rings is 1. The van der Waals surface area contributed by atoms with Crippen LogP contribution in [0.25, 0.3) is 10.9 Å². The van der Waals surface area contributed by atoms with Crippen molar-refractivity contribution in [2.45, 2.75) is 39.3 Å². The lowest BCUT2D eigenvalue weighted by Gasteiger charge is -2.07. The molecule has 1 N–H and O–H groups in total. The van der Waals surface area contributed by atoms with Crippen molar-refractivity contribution in [3.8, 4) is 0 Å². The molecule has 0 unspecified atom stereocenters. The van der Waals surface area contributed by atoms with Gasteiger partial charge in [-0.2, -0.15) is 0 Å². The number of nitrogens with one attached hydrogen (secondary N) is 1. The molecule has 0 amide bonds. The molecule has 1 heterocycles. The Hall–Kier alpha value is -1.54. The lowest BCUT2D eigenvalue weighted by Crippen LogP contribution is -2.13. The van der Waals surface area contributed by atoms with Crippen LogP contribution in [-0.2, 0) is 13.1 Å². The Morgan fingerprint density at radius 1 is 1.32 bits per heavy atom. The smallest absolute Gasteiger partial charge is 0.0483 e. The molecular formula is C17H24N2. The fraction of sp³-hybridized carbons (Fsp3) is 0.412. The van der Waals surface area contributed by atoms with Crippen LogP contribution >= 0.6 is 0 Å². The topological polar surface area (TPSA) is 17.0 Å². The van der Waals surface area contributed by atoms with Crippen LogP contribution in [0.4, 0.5) is 0 Å². The number of hydrogen-bond donors (Lipinski definition) is 1. The van der Waals surface area contributed by atoms with Crippen LogP contribution < -0.4 is 5.32 Å². The highest BCUT2D eigenvalue weighted by Gasteiger charge is 2.04. The van der Waals surface area contributed by atoms with Crippen molar-refractivity contribution in [3.05, 3.63) is 48.7 Å². The van der Waals surface area contributed by atoms with Crippen molar-refractivity contribution in [3.63, 3.8) is 0 Å². The summed E-state index contributed by atoms with van der Waals surface area (Å²) in [4.78, 5) is 0. The maximum Gasteiger partial charge on any atom is 0.0483 e. The van der Waals surface area contributed by atoms with Crippen molar-refractivity contribution in [1.29, 1.82) is 0 Å². The molecule has 2 nitrogen and oxygen atoms in total. The van der Waals surface area contributed by atoms with E-state index in [-0.39, 0.29) is 0 Å². The van der Waals surface area contributed by atoms with Gasteiger partial charge in [0.05, 0.1) is 0 Å². The number of aromatic nitrogens is 1. The number of hydrogen-bond acceptors (Lipinski definition) is 1. The number of allylic oxidation sites excluding steroid dienone is 1. The SMILES string of the molecule is C=CCCCn1ccc2c(CNCCC)cccc21. The Balaban J connectivity index is 2.14. The average molecular weight is 256 g/mol. The number of nitrogens with zero attached hydrogens (tertiary/aromatic N) is 1. The summed E-state index contributed by atoms with van der Waals surface area (Å²) in [6.07, 6.45) is 7.62. The molecule has 102 valence electrons. The molecule has 0 spiro atoms. The van der Waals surface area contributed by atoms with Gasteiger partial charge in [-0.05, 0) is 43.5 Å². The first-order valence-electron chi connectivity index (χ1n) is 7.25. The van der Waals surface area contributed by atoms with E-state index in [0.717, 1.165) is 32.5 Å². The largest absolute Gasteiger partial charge is 0.347 e. The van der Waals surface area contributed by atoms with Gasteiger partial charge in [0.2, 0.25) is 0 Å². The van der Waals surface area contributed by atoms with Crippen molar-refractivity contribution in [1.82, 2.24) is 9.88 Å². The normalized spacial score (nSPS) is 11.0. The Kier molecular flexibility index (Phi) is 5.22. The highest BCUT2D eigenvalue weighted by atomic mass is 14.9. The molecule has 1 aromatic heterocycles. The maximum atomic E-state index is 3.78. The summed E-state index contributed by atoms with van der Waals surface area (Å²) in [7, 11) is 0. The van der Waals surface area contributed by atoms with Gasteiger partial charge in [-0.3, -0.25) is 0 Å². The van der Waals surface area contributed by atoms with E-state index in [2.05, 4.69) is 53.8 Å². The Morgan fingerprint density at radius 3 is 3.00 bits per heavy atom. The van der Waals surface area contributed by atoms with Gasteiger partial charge in [0.1, 0.15) is 0 Å². The highest BCUT2D eigenvalue weighted by molar-refractivity contribution is 5.83. The molecule has 2 heteroatoms. The molecule has 0 aliphatic carbocycles. The first-order chi connectivity index (χ1) is 9.36. The van der Waals surface area contributed by atoms with Crippen LogP contribution in [0, 0.1) is 0 Å². The minimum Gasteiger partial charge on any atom is -0.347 e. The van der Waals surface area contributed by atoms with Crippen LogP contribution in [-0.4, -0.2) is 11.1 Å². The summed E-state index contributed by atoms with van der Waals surface area (Å²) < 4.78 is 2.35. The fourth-order valence-electron chi connectivity index (χ4n) is 2.44. The monoisotopic (exact) mass is 256 g/mol. The predicted molar refractivity (Wildman–Crippen MR) is 83.4 cm³/mol. The molecular weight excluding hydrogens is 232 g/mol. The van der Waals surface area contributed by atoms with Crippen LogP contribution in [0.2, 0.25) is 0 Å². The van der Waals surface area contributed by atoms with E-state index in [9.17, 15) is 0 Å². The molecule has 0 radical (unpaired) electrons. The van der Waals surface area contributed by atoms with E-state index >= 15 is 0 Å². The van der Waals surface area contributed by atoms with Crippen molar-refractivity contribution >= 4 is 10.9 Å². The average Bonchev–Trinajstić information content (AvgIpc) is 2.84. The quantitative estimate of drug-likeness (QED) is 0.555. The molecule has 2 aromatic rings. The molecule has 2 rings (SSSR count). The third kappa shape index (κ3) is 3.48. The first-order valence-corrected chi connectivity index (χ1v) is 7.25. The number of unbranched alkanes of at least 4 members (excludes halogenated alkanes) is 1. The number of rotatable bonds is 8. The molecule has 0 bridgehead atoms. The summed E-state index contributed by atoms with van der Waals surface area (Å²) in [5, 5.41) is 4.86. The van der Waals surface area contributed by atoms with Crippen molar-refractivity contribution in [2.75, 3.05) is 6.54 Å². The Labute approximate surface area is 116 Å². The van der Waals surface area contributed by atoms with Gasteiger partial charge in [-0.15, -0.1) is 6.58 Å². The summed E-state index contributed by atoms with van der Waals surface area (Å²) in [5.74, 6) is 0. The van der Waals surface area contributed by atoms with Gasteiger partial charge in [0.15, 0.2) is 0 Å². The molecule has 0 saturated carbocycles. The molecule has 0 aliphatic rings. The summed E-state index contributed by atoms with van der Waals surface area (Å²) in [5.41, 5.74) is 2.74. The Bertz CT molecular complexity index is 525. The third-order valence-corrected chi connectivity index (χ3v) is 3.45. The second kappa shape index (κ2) is 7.15. The summed E-state index contributed by atoms with van der Waals surface area (Å²) >= 11 is 0. The third-order valence-electron chi connectivity index (χ3n) is 3.45. The Morgan fingerprint density at radius 2 is 2.21 bits per heavy atom. The lowest BCUT2D eigenvalue weighted by molar-refractivity contribution is 0.670. The number of aryl methyl sites for hydroxylation is 1. The molecule has 1 aromatic carbocycles. The van der Waals surface area contributed by atoms with Crippen LogP contribution in [0.5, 0.6) is 0 Å². The summed E-state index contributed by atoms with van der Waals surface area (Å²) in [6, 6.07) is 8.84. The van der Waals surface area contributed by atoms with Gasteiger partial charge in [-0.1, -0.05) is 25.1 Å². The van der Waals surface area contributed by atoms with Crippen molar-refractivity contribution in [2.24, 2.45) is 0 Å². The van der Waals surface area contributed by atoms with Crippen molar-refractivity contribution < 1.29 is 0 Å². The van der Waals surface area contributed by atoms with Crippen LogP contribution in [0.1, 0.15) is 31.7 Å². The maximum absolute atomic E-state index is 3.78. The van der Waals surface area contributed by atoms with E-state index in [1.807, 2.05) is 6.08 Å². The zero-order valence-electron chi connectivity index (χ0n) is 11.9. The summed E-state index contributed by atoms with van der Waals surface area (Å²) in [6.45, 7) is 9.09. The van der Waals surface area contributed by atoms with Crippen LogP contribution in [0.3, 0.4) is 0 Å². The zero-order chi connectivity index (χ0) is 13.5. The van der Waals surface area contributed by atoms with E-state index in [1.165, 1.54) is 22.9 Å². The van der Waals surface area contributed by atoms with E-state index < -0.39 is 0 Å². The van der Waals surface area contributed by atoms with Gasteiger partial charge in [0.25, 0.3) is 0 Å². The number of fused-ring (bicyclic) bond motifs is 1. The standard InChI is InChI=1S/C17H24N2/c1-3-5-6-12-19-13-10-16-15(14-18-11-4-2)8-7-9-17(16)19/h3,7-10,13,18H,1,4-6,11-12,14H2,2H3. The van der Waals surface area contributed by atoms with Crippen LogP contribution in [0.15, 0.2) is 43.1 Å². The van der Waals surface area contributed by atoms with Gasteiger partial charge in [0, 0.05) is 30.2 Å².